The first-order chi connectivity index (χ1) is 10.5. The van der Waals surface area contributed by atoms with E-state index in [1.54, 1.807) is 0 Å². The summed E-state index contributed by atoms with van der Waals surface area (Å²) in [4.78, 5) is 34.6. The standard InChI is InChI=1S/C15H25N3O5/c1-15(2,3)6-12(21)18-9-4-8(5-10(19)13(9)22)14(23)17-7-11(16)20/h4,9-10,13,19,22H,5-7H2,1-3H3,(H2,16,20)(H,17,23)(H,18,21)/t9-,10-,13-/m1/s1. The number of carbonyl (C=O) groups excluding carboxylic acids is 3. The monoisotopic (exact) mass is 327 g/mol. The van der Waals surface area contributed by atoms with Crippen molar-refractivity contribution in [3.63, 3.8) is 0 Å². The summed E-state index contributed by atoms with van der Waals surface area (Å²) in [6, 6.07) is -0.872. The second-order valence-corrected chi connectivity index (χ2v) is 6.93. The zero-order valence-electron chi connectivity index (χ0n) is 13.6. The molecule has 1 rings (SSSR count). The topological polar surface area (TPSA) is 142 Å². The van der Waals surface area contributed by atoms with E-state index in [4.69, 9.17) is 5.73 Å². The van der Waals surface area contributed by atoms with Crippen LogP contribution in [0.5, 0.6) is 0 Å². The molecule has 0 aliphatic heterocycles. The van der Waals surface area contributed by atoms with E-state index in [-0.39, 0.29) is 36.3 Å². The number of carbonyl (C=O) groups is 3. The number of aliphatic hydroxyl groups excluding tert-OH is 2. The Kier molecular flexibility index (Phi) is 6.28. The van der Waals surface area contributed by atoms with E-state index >= 15 is 0 Å². The minimum atomic E-state index is -1.20. The van der Waals surface area contributed by atoms with Crippen LogP contribution in [0, 0.1) is 5.41 Å². The van der Waals surface area contributed by atoms with E-state index in [2.05, 4.69) is 10.6 Å². The fraction of sp³-hybridized carbons (Fsp3) is 0.667. The molecule has 0 bridgehead atoms. The van der Waals surface area contributed by atoms with Gasteiger partial charge in [0.05, 0.1) is 18.7 Å². The zero-order valence-corrected chi connectivity index (χ0v) is 13.6. The van der Waals surface area contributed by atoms with Crippen LogP contribution >= 0.6 is 0 Å². The lowest BCUT2D eigenvalue weighted by Crippen LogP contribution is -2.51. The van der Waals surface area contributed by atoms with Crippen molar-refractivity contribution in [3.8, 4) is 0 Å². The Labute approximate surface area is 135 Å². The lowest BCUT2D eigenvalue weighted by molar-refractivity contribution is -0.125. The number of hydrogen-bond donors (Lipinski definition) is 5. The summed E-state index contributed by atoms with van der Waals surface area (Å²) < 4.78 is 0. The second-order valence-electron chi connectivity index (χ2n) is 6.93. The van der Waals surface area contributed by atoms with Crippen molar-refractivity contribution in [2.45, 2.75) is 51.9 Å². The fourth-order valence-corrected chi connectivity index (χ4v) is 2.26. The van der Waals surface area contributed by atoms with Gasteiger partial charge in [-0.2, -0.15) is 0 Å². The second kappa shape index (κ2) is 7.56. The minimum absolute atomic E-state index is 0.0720. The number of aliphatic hydroxyl groups is 2. The number of primary amides is 1. The summed E-state index contributed by atoms with van der Waals surface area (Å²) in [5, 5.41) is 24.8. The van der Waals surface area contributed by atoms with Gasteiger partial charge in [-0.25, -0.2) is 0 Å². The van der Waals surface area contributed by atoms with Crippen LogP contribution in [-0.4, -0.2) is 52.7 Å². The summed E-state index contributed by atoms with van der Waals surface area (Å²) >= 11 is 0. The summed E-state index contributed by atoms with van der Waals surface area (Å²) in [5.41, 5.74) is 4.91. The Hall–Kier alpha value is -1.93. The first-order valence-corrected chi connectivity index (χ1v) is 7.42. The highest BCUT2D eigenvalue weighted by atomic mass is 16.3. The van der Waals surface area contributed by atoms with Gasteiger partial charge in [0.1, 0.15) is 6.10 Å². The highest BCUT2D eigenvalue weighted by Gasteiger charge is 2.34. The lowest BCUT2D eigenvalue weighted by Gasteiger charge is -2.31. The van der Waals surface area contributed by atoms with Crippen molar-refractivity contribution in [3.05, 3.63) is 11.6 Å². The number of hydrogen-bond acceptors (Lipinski definition) is 5. The van der Waals surface area contributed by atoms with Gasteiger partial charge >= 0.3 is 0 Å². The van der Waals surface area contributed by atoms with Crippen LogP contribution in [0.2, 0.25) is 0 Å². The molecular weight excluding hydrogens is 302 g/mol. The van der Waals surface area contributed by atoms with Crippen LogP contribution in [0.25, 0.3) is 0 Å². The van der Waals surface area contributed by atoms with Crippen molar-refractivity contribution in [1.82, 2.24) is 10.6 Å². The van der Waals surface area contributed by atoms with Crippen molar-refractivity contribution in [2.24, 2.45) is 11.1 Å². The highest BCUT2D eigenvalue weighted by molar-refractivity contribution is 5.96. The quantitative estimate of drug-likeness (QED) is 0.420. The van der Waals surface area contributed by atoms with Crippen molar-refractivity contribution in [1.29, 1.82) is 0 Å². The third-order valence-corrected chi connectivity index (χ3v) is 3.31. The average molecular weight is 327 g/mol. The zero-order chi connectivity index (χ0) is 17.8. The molecule has 0 heterocycles. The van der Waals surface area contributed by atoms with Gasteiger partial charge < -0.3 is 26.6 Å². The van der Waals surface area contributed by atoms with Gasteiger partial charge in [0.15, 0.2) is 0 Å². The number of nitrogens with two attached hydrogens (primary N) is 1. The summed E-state index contributed by atoms with van der Waals surface area (Å²) in [6.07, 6.45) is -0.824. The molecule has 8 heteroatoms. The third-order valence-electron chi connectivity index (χ3n) is 3.31. The van der Waals surface area contributed by atoms with E-state index in [1.807, 2.05) is 20.8 Å². The first-order valence-electron chi connectivity index (χ1n) is 7.42. The molecule has 0 fully saturated rings. The molecule has 0 saturated heterocycles. The SMILES string of the molecule is CC(C)(C)CC(=O)N[C@@H]1C=C(C(=O)NCC(N)=O)C[C@@H](O)[C@@H]1O. The molecule has 0 spiro atoms. The molecule has 0 aromatic carbocycles. The largest absolute Gasteiger partial charge is 0.390 e. The van der Waals surface area contributed by atoms with Crippen molar-refractivity contribution >= 4 is 17.7 Å². The van der Waals surface area contributed by atoms with Crippen LogP contribution in [0.1, 0.15) is 33.6 Å². The molecular formula is C15H25N3O5. The van der Waals surface area contributed by atoms with Gasteiger partial charge in [-0.1, -0.05) is 26.8 Å². The van der Waals surface area contributed by atoms with E-state index in [0.717, 1.165) is 0 Å². The van der Waals surface area contributed by atoms with Crippen LogP contribution in [0.15, 0.2) is 11.6 Å². The Morgan fingerprint density at radius 2 is 1.91 bits per heavy atom. The van der Waals surface area contributed by atoms with Crippen LogP contribution in [0.4, 0.5) is 0 Å². The molecule has 0 aromatic rings. The van der Waals surface area contributed by atoms with Crippen LogP contribution in [0.3, 0.4) is 0 Å². The predicted molar refractivity (Wildman–Crippen MR) is 82.9 cm³/mol. The molecule has 3 atom stereocenters. The molecule has 130 valence electrons. The maximum absolute atomic E-state index is 12.0. The average Bonchev–Trinajstić information content (AvgIpc) is 2.38. The van der Waals surface area contributed by atoms with Gasteiger partial charge in [-0.05, 0) is 5.41 Å². The molecule has 1 aliphatic carbocycles. The van der Waals surface area contributed by atoms with Crippen molar-refractivity contribution < 1.29 is 24.6 Å². The minimum Gasteiger partial charge on any atom is -0.390 e. The molecule has 0 unspecified atom stereocenters. The van der Waals surface area contributed by atoms with E-state index in [0.29, 0.717) is 0 Å². The van der Waals surface area contributed by atoms with Gasteiger partial charge in [0, 0.05) is 18.4 Å². The Morgan fingerprint density at radius 1 is 1.30 bits per heavy atom. The molecule has 8 nitrogen and oxygen atoms in total. The molecule has 0 radical (unpaired) electrons. The maximum Gasteiger partial charge on any atom is 0.247 e. The van der Waals surface area contributed by atoms with E-state index in [1.165, 1.54) is 6.08 Å². The molecule has 0 aromatic heterocycles. The summed E-state index contributed by atoms with van der Waals surface area (Å²) in [5.74, 6) is -1.54. The molecule has 1 aliphatic rings. The fourth-order valence-electron chi connectivity index (χ4n) is 2.26. The maximum atomic E-state index is 12.0. The normalized spacial score (nSPS) is 24.6. The molecule has 3 amide bonds. The number of amides is 3. The van der Waals surface area contributed by atoms with E-state index < -0.39 is 30.1 Å². The van der Waals surface area contributed by atoms with Gasteiger partial charge in [0.2, 0.25) is 17.7 Å². The van der Waals surface area contributed by atoms with E-state index in [9.17, 15) is 24.6 Å². The highest BCUT2D eigenvalue weighted by Crippen LogP contribution is 2.22. The third kappa shape index (κ3) is 6.37. The smallest absolute Gasteiger partial charge is 0.247 e. The predicted octanol–water partition coefficient (Wildman–Crippen LogP) is -1.44. The Bertz CT molecular complexity index is 510. The summed E-state index contributed by atoms with van der Waals surface area (Å²) in [7, 11) is 0. The molecule has 6 N–H and O–H groups in total. The summed E-state index contributed by atoms with van der Waals surface area (Å²) in [6.45, 7) is 5.38. The van der Waals surface area contributed by atoms with Gasteiger partial charge in [-0.15, -0.1) is 0 Å². The Balaban J connectivity index is 2.79. The lowest BCUT2D eigenvalue weighted by atomic mass is 9.88. The Morgan fingerprint density at radius 3 is 2.43 bits per heavy atom. The van der Waals surface area contributed by atoms with Gasteiger partial charge in [-0.3, -0.25) is 14.4 Å². The van der Waals surface area contributed by atoms with Gasteiger partial charge in [0.25, 0.3) is 0 Å². The molecule has 0 saturated carbocycles. The van der Waals surface area contributed by atoms with Crippen LogP contribution in [-0.2, 0) is 14.4 Å². The molecule has 23 heavy (non-hydrogen) atoms. The van der Waals surface area contributed by atoms with Crippen LogP contribution < -0.4 is 16.4 Å². The number of nitrogens with one attached hydrogen (secondary N) is 2. The number of rotatable bonds is 5. The first kappa shape index (κ1) is 19.1. The van der Waals surface area contributed by atoms with Crippen molar-refractivity contribution in [2.75, 3.05) is 6.54 Å².